The van der Waals surface area contributed by atoms with Gasteiger partial charge in [-0.25, -0.2) is 51.5 Å². The monoisotopic (exact) mass is 995 g/mol. The van der Waals surface area contributed by atoms with E-state index in [0.717, 1.165) is 70.1 Å². The number of benzene rings is 2. The molecule has 27 heteroatoms. The number of hydrogen-bond acceptors (Lipinski definition) is 14. The second-order valence-electron chi connectivity index (χ2n) is 14.5. The number of halogens is 4. The number of para-hydroxylation sites is 1. The largest absolute Gasteiger partial charge is 0.573 e. The molecule has 22 nitrogen and oxygen atoms in total. The molecule has 2 aromatic carbocycles. The van der Waals surface area contributed by atoms with E-state index in [-0.39, 0.29) is 11.9 Å². The van der Waals surface area contributed by atoms with E-state index in [0.29, 0.717) is 64.7 Å². The summed E-state index contributed by atoms with van der Waals surface area (Å²) in [5, 5.41) is 47.4. The fraction of sp³-hybridized carbons (Fsp3) is 0.286. The average molecular weight is 996 g/mol. The number of nitrogens with zero attached hydrogens (tertiary/aromatic N) is 5. The number of fused-ring (bicyclic) bond motifs is 1. The molecule has 1 aliphatic heterocycles. The van der Waals surface area contributed by atoms with Crippen LogP contribution in [0.2, 0.25) is 0 Å². The van der Waals surface area contributed by atoms with E-state index in [9.17, 15) is 50.4 Å². The van der Waals surface area contributed by atoms with Crippen LogP contribution in [-0.2, 0) is 38.8 Å². The number of aliphatic carboxylic acids is 6. The molecular weight excluding hydrogens is 951 g/mol. The fourth-order valence-corrected chi connectivity index (χ4v) is 7.97. The molecule has 4 aromatic rings. The molecule has 1 saturated heterocycles. The van der Waals surface area contributed by atoms with E-state index < -0.39 is 74.4 Å². The minimum absolute atomic E-state index is 0.161. The lowest BCUT2D eigenvalue weighted by Crippen LogP contribution is -2.49. The number of hydrogen-bond donors (Lipinski definition) is 8. The lowest BCUT2D eigenvalue weighted by molar-refractivity contribution is -0.275. The molecule has 69 heavy (non-hydrogen) atoms. The quantitative estimate of drug-likeness (QED) is 0.0680. The molecule has 0 atom stereocenters. The van der Waals surface area contributed by atoms with Gasteiger partial charge in [-0.2, -0.15) is 0 Å². The molecule has 2 aliphatic rings. The van der Waals surface area contributed by atoms with E-state index in [2.05, 4.69) is 36.1 Å². The van der Waals surface area contributed by atoms with Crippen LogP contribution in [0.4, 0.5) is 29.1 Å². The zero-order valence-electron chi connectivity index (χ0n) is 36.1. The van der Waals surface area contributed by atoms with Crippen molar-refractivity contribution in [3.63, 3.8) is 0 Å². The van der Waals surface area contributed by atoms with Gasteiger partial charge in [0.1, 0.15) is 34.3 Å². The van der Waals surface area contributed by atoms with Crippen molar-refractivity contribution in [1.82, 2.24) is 24.3 Å². The van der Waals surface area contributed by atoms with Crippen molar-refractivity contribution in [3.05, 3.63) is 97.3 Å². The summed E-state index contributed by atoms with van der Waals surface area (Å²) in [6.45, 7) is 4.27. The Balaban J connectivity index is 0.000000431. The number of sulfonamides is 1. The number of likely N-dealkylation sites (N-methyl/N-ethyl adjacent to an activating group) is 1. The summed E-state index contributed by atoms with van der Waals surface area (Å²) in [7, 11) is -2.50. The highest BCUT2D eigenvalue weighted by molar-refractivity contribution is 7.92. The number of piperazine rings is 1. The summed E-state index contributed by atoms with van der Waals surface area (Å²) in [5.41, 5.74) is 7.47. The number of carboxylic acids is 6. The molecule has 6 rings (SSSR count). The molecule has 9 N–H and O–H groups in total. The highest BCUT2D eigenvalue weighted by Gasteiger charge is 2.34. The number of aromatic nitrogens is 3. The van der Waals surface area contributed by atoms with Crippen molar-refractivity contribution in [3.8, 4) is 16.9 Å². The van der Waals surface area contributed by atoms with Crippen molar-refractivity contribution in [2.75, 3.05) is 43.7 Å². The van der Waals surface area contributed by atoms with Crippen LogP contribution < -0.4 is 15.2 Å². The highest BCUT2D eigenvalue weighted by atomic mass is 32.2. The van der Waals surface area contributed by atoms with Crippen LogP contribution in [0, 0.1) is 5.82 Å². The summed E-state index contributed by atoms with van der Waals surface area (Å²) in [5.74, 6) is -9.18. The third-order valence-corrected chi connectivity index (χ3v) is 11.2. The zero-order valence-corrected chi connectivity index (χ0v) is 36.9. The third-order valence-electron chi connectivity index (χ3n) is 9.75. The Morgan fingerprint density at radius 3 is 1.68 bits per heavy atom. The van der Waals surface area contributed by atoms with Crippen LogP contribution in [-0.4, -0.2) is 145 Å². The maximum absolute atomic E-state index is 15.4. The normalized spacial score (nSPS) is 16.6. The van der Waals surface area contributed by atoms with Gasteiger partial charge in [-0.3, -0.25) is 9.62 Å². The van der Waals surface area contributed by atoms with Crippen LogP contribution in [0.5, 0.6) is 5.75 Å². The molecular formula is C42H45F4N7O15S. The van der Waals surface area contributed by atoms with E-state index in [4.69, 9.17) is 36.4 Å². The zero-order chi connectivity index (χ0) is 51.6. The summed E-state index contributed by atoms with van der Waals surface area (Å²) in [4.78, 5) is 70.1. The topological polar surface area (TPSA) is 342 Å². The van der Waals surface area contributed by atoms with Crippen molar-refractivity contribution < 1.29 is 90.1 Å². The lowest BCUT2D eigenvalue weighted by atomic mass is 9.89. The van der Waals surface area contributed by atoms with Gasteiger partial charge in [-0.1, -0.05) is 18.2 Å². The predicted octanol–water partition coefficient (Wildman–Crippen LogP) is 4.39. The minimum Gasteiger partial charge on any atom is -0.478 e. The Labute approximate surface area is 388 Å². The first kappa shape index (κ1) is 55.4. The lowest BCUT2D eigenvalue weighted by Gasteiger charge is -2.41. The maximum Gasteiger partial charge on any atom is 0.573 e. The van der Waals surface area contributed by atoms with Crippen LogP contribution in [0.15, 0.2) is 96.3 Å². The first-order chi connectivity index (χ1) is 32.3. The van der Waals surface area contributed by atoms with E-state index in [1.165, 1.54) is 30.6 Å². The second-order valence-corrected chi connectivity index (χ2v) is 16.2. The Morgan fingerprint density at radius 1 is 0.739 bits per heavy atom. The standard InChI is InChI=1S/C30H33F4N7O3S.3C4H4O4/c1-39-12-14-40(15-13-39)20-7-9-21(10-8-20)41-17-22(27-28(35)36-18-37-29(27)41)19-6-11-24(23(31)16-19)38-45(42,43)26-5-3-2-4-25(26)44-30(32,33)34;3*5-3(6)1-2-4(7)8/h2-6,11,16-18,20-21,38H,7-10,12-15H2,1H3,(H2,35,36,37);3*1-2H,(H,5,6)(H,7,8)/b;3*2-1-. The van der Waals surface area contributed by atoms with Gasteiger partial charge in [0.25, 0.3) is 10.0 Å². The molecule has 0 radical (unpaired) electrons. The third kappa shape index (κ3) is 18.4. The Bertz CT molecular complexity index is 2570. The number of alkyl halides is 3. The van der Waals surface area contributed by atoms with Crippen molar-refractivity contribution in [2.45, 2.75) is 49.0 Å². The first-order valence-corrected chi connectivity index (χ1v) is 21.4. The maximum atomic E-state index is 15.4. The van der Waals surface area contributed by atoms with Gasteiger partial charge in [0.05, 0.1) is 11.1 Å². The van der Waals surface area contributed by atoms with E-state index in [1.54, 1.807) is 0 Å². The number of nitrogens with two attached hydrogens (primary N) is 1. The summed E-state index contributed by atoms with van der Waals surface area (Å²) in [6.07, 6.45) is 5.49. The Morgan fingerprint density at radius 2 is 1.22 bits per heavy atom. The number of carbonyl (C=O) groups is 6. The van der Waals surface area contributed by atoms with Gasteiger partial charge >= 0.3 is 42.2 Å². The van der Waals surface area contributed by atoms with Gasteiger partial charge < -0.3 is 50.6 Å². The number of ether oxygens (including phenoxy) is 1. The molecule has 3 heterocycles. The molecule has 2 fully saturated rings. The van der Waals surface area contributed by atoms with Gasteiger partial charge in [0, 0.05) is 86.5 Å². The van der Waals surface area contributed by atoms with E-state index in [1.807, 2.05) is 10.9 Å². The number of nitrogen functional groups attached to an aromatic ring is 1. The van der Waals surface area contributed by atoms with Gasteiger partial charge in [0.15, 0.2) is 0 Å². The van der Waals surface area contributed by atoms with Crippen LogP contribution >= 0.6 is 0 Å². The van der Waals surface area contributed by atoms with Crippen LogP contribution in [0.25, 0.3) is 22.2 Å². The summed E-state index contributed by atoms with van der Waals surface area (Å²) >= 11 is 0. The van der Waals surface area contributed by atoms with Crippen molar-refractivity contribution in [1.29, 1.82) is 0 Å². The van der Waals surface area contributed by atoms with E-state index >= 15 is 4.39 Å². The smallest absolute Gasteiger partial charge is 0.478 e. The fourth-order valence-electron chi connectivity index (χ4n) is 6.77. The Hall–Kier alpha value is -7.91. The summed E-state index contributed by atoms with van der Waals surface area (Å²) in [6, 6.07) is 8.79. The van der Waals surface area contributed by atoms with Gasteiger partial charge in [-0.05, 0) is 62.6 Å². The highest BCUT2D eigenvalue weighted by Crippen LogP contribution is 2.40. The molecule has 1 aliphatic carbocycles. The SMILES string of the molecule is CN1CCN(C2CCC(n3cc(-c4ccc(NS(=O)(=O)c5ccccc5OC(F)(F)F)c(F)c4)c4c(N)ncnc43)CC2)CC1.O=C(O)/C=C\C(=O)O.O=C(O)/C=C\C(=O)O.O=C(O)/C=C\C(=O)O. The predicted molar refractivity (Wildman–Crippen MR) is 235 cm³/mol. The number of carboxylic acid groups (broad SMARTS) is 6. The molecule has 0 bridgehead atoms. The van der Waals surface area contributed by atoms with Crippen LogP contribution in [0.1, 0.15) is 31.7 Å². The molecule has 1 saturated carbocycles. The Kier molecular flexibility index (Phi) is 20.3. The number of rotatable bonds is 13. The van der Waals surface area contributed by atoms with Crippen molar-refractivity contribution >= 4 is 68.4 Å². The minimum atomic E-state index is -5.12. The molecule has 0 spiro atoms. The number of nitrogens with one attached hydrogen (secondary N) is 1. The second kappa shape index (κ2) is 25.3. The van der Waals surface area contributed by atoms with Crippen molar-refractivity contribution in [2.24, 2.45) is 0 Å². The van der Waals surface area contributed by atoms with Gasteiger partial charge in [-0.15, -0.1) is 13.2 Å². The molecule has 0 amide bonds. The molecule has 2 aromatic heterocycles. The average Bonchev–Trinajstić information content (AvgIpc) is 3.66. The van der Waals surface area contributed by atoms with Gasteiger partial charge in [0.2, 0.25) is 0 Å². The first-order valence-electron chi connectivity index (χ1n) is 19.9. The number of anilines is 2. The van der Waals surface area contributed by atoms with Crippen LogP contribution in [0.3, 0.4) is 0 Å². The molecule has 372 valence electrons. The molecule has 0 unspecified atom stereocenters. The summed E-state index contributed by atoms with van der Waals surface area (Å²) < 4.78 is 88.0.